The van der Waals surface area contributed by atoms with E-state index in [0.717, 1.165) is 24.0 Å². The van der Waals surface area contributed by atoms with Gasteiger partial charge in [-0.1, -0.05) is 19.9 Å². The molecular weight excluding hydrogens is 332 g/mol. The molecule has 1 aromatic carbocycles. The van der Waals surface area contributed by atoms with E-state index < -0.39 is 6.10 Å². The number of amides is 1. The number of hydrogen-bond donors (Lipinski definition) is 2. The highest BCUT2D eigenvalue weighted by Gasteiger charge is 2.17. The van der Waals surface area contributed by atoms with E-state index in [-0.39, 0.29) is 11.9 Å². The number of nitrogens with one attached hydrogen (secondary N) is 2. The summed E-state index contributed by atoms with van der Waals surface area (Å²) in [5.74, 6) is 0.593. The Hall–Kier alpha value is -1.07. The van der Waals surface area contributed by atoms with E-state index >= 15 is 0 Å². The van der Waals surface area contributed by atoms with Crippen molar-refractivity contribution in [2.75, 3.05) is 6.54 Å². The fraction of sp³-hybridized carbons (Fsp3) is 0.562. The monoisotopic (exact) mass is 356 g/mol. The van der Waals surface area contributed by atoms with Crippen molar-refractivity contribution < 1.29 is 9.53 Å². The van der Waals surface area contributed by atoms with Crippen LogP contribution in [0.1, 0.15) is 39.7 Å². The van der Waals surface area contributed by atoms with Crippen molar-refractivity contribution in [2.45, 2.75) is 52.8 Å². The van der Waals surface area contributed by atoms with E-state index in [9.17, 15) is 4.79 Å². The molecule has 21 heavy (non-hydrogen) atoms. The van der Waals surface area contributed by atoms with Crippen molar-refractivity contribution in [2.24, 2.45) is 0 Å². The molecular formula is C16H25BrN2O2. The average Bonchev–Trinajstić information content (AvgIpc) is 2.47. The van der Waals surface area contributed by atoms with Crippen molar-refractivity contribution in [1.29, 1.82) is 0 Å². The lowest BCUT2D eigenvalue weighted by molar-refractivity contribution is -0.127. The molecule has 2 atom stereocenters. The summed E-state index contributed by atoms with van der Waals surface area (Å²) in [5.41, 5.74) is 1.17. The summed E-state index contributed by atoms with van der Waals surface area (Å²) < 4.78 is 6.59. The lowest BCUT2D eigenvalue weighted by Crippen LogP contribution is -2.41. The molecule has 0 aliphatic carbocycles. The number of carbonyl (C=O) groups is 1. The van der Waals surface area contributed by atoms with Crippen LogP contribution in [-0.4, -0.2) is 24.6 Å². The topological polar surface area (TPSA) is 50.4 Å². The van der Waals surface area contributed by atoms with Crippen LogP contribution in [-0.2, 0) is 11.3 Å². The molecule has 4 nitrogen and oxygen atoms in total. The van der Waals surface area contributed by atoms with E-state index in [0.29, 0.717) is 5.75 Å². The third-order valence-electron chi connectivity index (χ3n) is 3.25. The Balaban J connectivity index is 2.63. The predicted molar refractivity (Wildman–Crippen MR) is 89.5 cm³/mol. The van der Waals surface area contributed by atoms with Gasteiger partial charge < -0.3 is 15.4 Å². The quantitative estimate of drug-likeness (QED) is 0.751. The minimum absolute atomic E-state index is 0.0898. The predicted octanol–water partition coefficient (Wildman–Crippen LogP) is 3.24. The minimum Gasteiger partial charge on any atom is -0.480 e. The van der Waals surface area contributed by atoms with Gasteiger partial charge in [-0.2, -0.15) is 0 Å². The molecule has 118 valence electrons. The standard InChI is InChI=1S/C16H25BrN2O2/c1-5-11(3)19-16(20)12(4)21-15-8-7-13(9-14(15)17)10-18-6-2/h7-9,11-12,18H,5-6,10H2,1-4H3,(H,19,20). The third-order valence-corrected chi connectivity index (χ3v) is 3.87. The van der Waals surface area contributed by atoms with Gasteiger partial charge in [-0.3, -0.25) is 4.79 Å². The number of benzene rings is 1. The molecule has 0 radical (unpaired) electrons. The first-order valence-corrected chi connectivity index (χ1v) is 8.23. The van der Waals surface area contributed by atoms with Crippen molar-refractivity contribution in [3.05, 3.63) is 28.2 Å². The number of carbonyl (C=O) groups excluding carboxylic acids is 1. The fourth-order valence-electron chi connectivity index (χ4n) is 1.73. The molecule has 0 aliphatic heterocycles. The summed E-state index contributed by atoms with van der Waals surface area (Å²) in [6.45, 7) is 9.61. The van der Waals surface area contributed by atoms with E-state index in [4.69, 9.17) is 4.74 Å². The van der Waals surface area contributed by atoms with Crippen LogP contribution in [0.25, 0.3) is 0 Å². The van der Waals surface area contributed by atoms with Crippen LogP contribution in [0, 0.1) is 0 Å². The van der Waals surface area contributed by atoms with Gasteiger partial charge in [0, 0.05) is 12.6 Å². The zero-order valence-electron chi connectivity index (χ0n) is 13.2. The Labute approximate surface area is 135 Å². The Morgan fingerprint density at radius 3 is 2.62 bits per heavy atom. The maximum atomic E-state index is 12.0. The van der Waals surface area contributed by atoms with Crippen molar-refractivity contribution in [3.8, 4) is 5.75 Å². The summed E-state index contributed by atoms with van der Waals surface area (Å²) in [6.07, 6.45) is 0.385. The largest absolute Gasteiger partial charge is 0.480 e. The molecule has 0 aromatic heterocycles. The van der Waals surface area contributed by atoms with Crippen LogP contribution in [0.2, 0.25) is 0 Å². The van der Waals surface area contributed by atoms with Crippen molar-refractivity contribution >= 4 is 21.8 Å². The number of ether oxygens (including phenoxy) is 1. The summed E-state index contributed by atoms with van der Waals surface area (Å²) in [4.78, 5) is 12.0. The van der Waals surface area contributed by atoms with Crippen LogP contribution >= 0.6 is 15.9 Å². The zero-order valence-corrected chi connectivity index (χ0v) is 14.8. The highest BCUT2D eigenvalue weighted by Crippen LogP contribution is 2.27. The molecule has 0 aliphatic rings. The molecule has 0 saturated carbocycles. The number of halogens is 1. The van der Waals surface area contributed by atoms with E-state index in [1.807, 2.05) is 32.0 Å². The molecule has 0 bridgehead atoms. The van der Waals surface area contributed by atoms with Crippen LogP contribution in [0.4, 0.5) is 0 Å². The van der Waals surface area contributed by atoms with Crippen molar-refractivity contribution in [1.82, 2.24) is 10.6 Å². The molecule has 0 saturated heterocycles. The molecule has 5 heteroatoms. The second kappa shape index (κ2) is 9.05. The molecule has 0 heterocycles. The van der Waals surface area contributed by atoms with Crippen LogP contribution in [0.3, 0.4) is 0 Å². The second-order valence-corrected chi connectivity index (χ2v) is 5.98. The van der Waals surface area contributed by atoms with Crippen LogP contribution < -0.4 is 15.4 Å². The average molecular weight is 357 g/mol. The van der Waals surface area contributed by atoms with E-state index in [1.54, 1.807) is 6.92 Å². The van der Waals surface area contributed by atoms with Gasteiger partial charge in [-0.25, -0.2) is 0 Å². The number of rotatable bonds is 8. The van der Waals surface area contributed by atoms with Gasteiger partial charge in [-0.05, 0) is 60.4 Å². The van der Waals surface area contributed by atoms with Gasteiger partial charge >= 0.3 is 0 Å². The van der Waals surface area contributed by atoms with Gasteiger partial charge in [-0.15, -0.1) is 0 Å². The van der Waals surface area contributed by atoms with Gasteiger partial charge in [0.05, 0.1) is 4.47 Å². The van der Waals surface area contributed by atoms with E-state index in [1.165, 1.54) is 5.56 Å². The van der Waals surface area contributed by atoms with E-state index in [2.05, 4.69) is 33.5 Å². The first kappa shape index (κ1) is 18.0. The maximum Gasteiger partial charge on any atom is 0.260 e. The Kier molecular flexibility index (Phi) is 7.75. The molecule has 1 rings (SSSR count). The molecule has 1 aromatic rings. The Bertz CT molecular complexity index is 466. The van der Waals surface area contributed by atoms with Crippen molar-refractivity contribution in [3.63, 3.8) is 0 Å². The van der Waals surface area contributed by atoms with Crippen LogP contribution in [0.5, 0.6) is 5.75 Å². The first-order valence-electron chi connectivity index (χ1n) is 7.44. The second-order valence-electron chi connectivity index (χ2n) is 5.12. The highest BCUT2D eigenvalue weighted by molar-refractivity contribution is 9.10. The maximum absolute atomic E-state index is 12.0. The summed E-state index contributed by atoms with van der Waals surface area (Å²) in [5, 5.41) is 6.19. The Morgan fingerprint density at radius 2 is 2.05 bits per heavy atom. The molecule has 0 fully saturated rings. The summed E-state index contributed by atoms with van der Waals surface area (Å²) in [6, 6.07) is 6.07. The lowest BCUT2D eigenvalue weighted by atomic mass is 10.2. The van der Waals surface area contributed by atoms with Gasteiger partial charge in [0.15, 0.2) is 6.10 Å². The van der Waals surface area contributed by atoms with Crippen LogP contribution in [0.15, 0.2) is 22.7 Å². The summed E-state index contributed by atoms with van der Waals surface area (Å²) >= 11 is 3.50. The summed E-state index contributed by atoms with van der Waals surface area (Å²) in [7, 11) is 0. The fourth-order valence-corrected chi connectivity index (χ4v) is 2.25. The molecule has 2 unspecified atom stereocenters. The van der Waals surface area contributed by atoms with Gasteiger partial charge in [0.1, 0.15) is 5.75 Å². The minimum atomic E-state index is -0.519. The molecule has 2 N–H and O–H groups in total. The Morgan fingerprint density at radius 1 is 1.33 bits per heavy atom. The van der Waals surface area contributed by atoms with Gasteiger partial charge in [0.2, 0.25) is 0 Å². The molecule has 0 spiro atoms. The first-order chi connectivity index (χ1) is 9.97. The molecule has 1 amide bonds. The smallest absolute Gasteiger partial charge is 0.260 e. The number of hydrogen-bond acceptors (Lipinski definition) is 3. The third kappa shape index (κ3) is 6.06. The van der Waals surface area contributed by atoms with Gasteiger partial charge in [0.25, 0.3) is 5.91 Å². The normalized spacial score (nSPS) is 13.6. The highest BCUT2D eigenvalue weighted by atomic mass is 79.9. The zero-order chi connectivity index (χ0) is 15.8. The lowest BCUT2D eigenvalue weighted by Gasteiger charge is -2.18. The SMILES string of the molecule is CCNCc1ccc(OC(C)C(=O)NC(C)CC)c(Br)c1.